The van der Waals surface area contributed by atoms with E-state index in [4.69, 9.17) is 9.97 Å². The fraction of sp³-hybridized carbons (Fsp3) is 0. The van der Waals surface area contributed by atoms with Gasteiger partial charge in [-0.2, -0.15) is 0 Å². The smallest absolute Gasteiger partial charge is 0.178 e. The van der Waals surface area contributed by atoms with Gasteiger partial charge in [-0.05, 0) is 60.7 Å². The van der Waals surface area contributed by atoms with Gasteiger partial charge in [0.15, 0.2) is 11.6 Å². The molecule has 0 atom stereocenters. The number of fused-ring (bicyclic) bond motifs is 5. The highest BCUT2D eigenvalue weighted by Gasteiger charge is 2.17. The van der Waals surface area contributed by atoms with Crippen LogP contribution in [0.25, 0.3) is 77.9 Å². The zero-order valence-electron chi connectivity index (χ0n) is 23.5. The number of nitrogens with zero attached hydrogens (tertiary/aromatic N) is 6. The van der Waals surface area contributed by atoms with Crippen LogP contribution in [0.15, 0.2) is 146 Å². The Balaban J connectivity index is 1.26. The summed E-state index contributed by atoms with van der Waals surface area (Å²) < 4.78 is 4.60. The molecule has 9 rings (SSSR count). The number of aromatic nitrogens is 6. The Morgan fingerprint density at radius 1 is 0.477 bits per heavy atom. The van der Waals surface area contributed by atoms with Crippen LogP contribution >= 0.6 is 0 Å². The molecule has 0 N–H and O–H groups in total. The van der Waals surface area contributed by atoms with E-state index in [2.05, 4.69) is 116 Å². The zero-order chi connectivity index (χ0) is 29.0. The molecule has 0 aliphatic rings. The highest BCUT2D eigenvalue weighted by molar-refractivity contribution is 6.13. The van der Waals surface area contributed by atoms with E-state index in [-0.39, 0.29) is 0 Å². The van der Waals surface area contributed by atoms with Crippen molar-refractivity contribution in [2.45, 2.75) is 0 Å². The molecular formula is C38H24N6. The molecule has 0 radical (unpaired) electrons. The van der Waals surface area contributed by atoms with Gasteiger partial charge in [0, 0.05) is 57.1 Å². The number of benzene rings is 5. The molecular weight excluding hydrogens is 540 g/mol. The molecule has 4 aromatic heterocycles. The van der Waals surface area contributed by atoms with E-state index in [1.54, 1.807) is 12.4 Å². The lowest BCUT2D eigenvalue weighted by molar-refractivity contribution is 1.13. The van der Waals surface area contributed by atoms with E-state index < -0.39 is 0 Å². The van der Waals surface area contributed by atoms with Gasteiger partial charge in [0.25, 0.3) is 0 Å². The third-order valence-corrected chi connectivity index (χ3v) is 8.26. The van der Waals surface area contributed by atoms with E-state index >= 15 is 0 Å². The molecule has 4 heterocycles. The molecule has 0 aliphatic heterocycles. The van der Waals surface area contributed by atoms with Crippen LogP contribution in [-0.2, 0) is 0 Å². The minimum atomic E-state index is 0.581. The van der Waals surface area contributed by atoms with Crippen molar-refractivity contribution in [3.63, 3.8) is 0 Å². The number of hydrogen-bond donors (Lipinski definition) is 0. The first-order valence-electron chi connectivity index (χ1n) is 14.6. The average molecular weight is 565 g/mol. The summed E-state index contributed by atoms with van der Waals surface area (Å²) in [5, 5.41) is 4.53. The number of hydrogen-bond acceptors (Lipinski definition) is 4. The van der Waals surface area contributed by atoms with Gasteiger partial charge >= 0.3 is 0 Å². The lowest BCUT2D eigenvalue weighted by Gasteiger charge is -2.12. The second kappa shape index (κ2) is 9.71. The average Bonchev–Trinajstić information content (AvgIpc) is 3.66. The van der Waals surface area contributed by atoms with Gasteiger partial charge in [0.2, 0.25) is 0 Å². The Hall–Kier alpha value is -6.14. The Kier molecular flexibility index (Phi) is 5.40. The van der Waals surface area contributed by atoms with Gasteiger partial charge in [0.05, 0.1) is 22.1 Å². The highest BCUT2D eigenvalue weighted by atomic mass is 15.0. The van der Waals surface area contributed by atoms with Crippen LogP contribution in [0.5, 0.6) is 0 Å². The van der Waals surface area contributed by atoms with Crippen LogP contribution in [0.3, 0.4) is 0 Å². The topological polar surface area (TPSA) is 61.4 Å². The number of rotatable bonds is 4. The summed E-state index contributed by atoms with van der Waals surface area (Å²) >= 11 is 0. The molecule has 206 valence electrons. The Morgan fingerprint density at radius 3 is 2.14 bits per heavy atom. The van der Waals surface area contributed by atoms with Gasteiger partial charge in [-0.15, -0.1) is 0 Å². The highest BCUT2D eigenvalue weighted by Crippen LogP contribution is 2.37. The third kappa shape index (κ3) is 3.82. The van der Waals surface area contributed by atoms with Gasteiger partial charge in [-0.25, -0.2) is 19.9 Å². The predicted octanol–water partition coefficient (Wildman–Crippen LogP) is 8.79. The maximum Gasteiger partial charge on any atom is 0.178 e. The molecule has 0 amide bonds. The van der Waals surface area contributed by atoms with E-state index in [9.17, 15) is 0 Å². The van der Waals surface area contributed by atoms with Crippen molar-refractivity contribution >= 4 is 43.6 Å². The summed E-state index contributed by atoms with van der Waals surface area (Å²) in [6.45, 7) is 0. The molecule has 6 heteroatoms. The molecule has 0 aliphatic carbocycles. The molecule has 5 aromatic carbocycles. The maximum absolute atomic E-state index is 5.01. The first kappa shape index (κ1) is 24.5. The second-order valence-electron chi connectivity index (χ2n) is 10.8. The molecule has 0 fully saturated rings. The lowest BCUT2D eigenvalue weighted by Crippen LogP contribution is -1.99. The standard InChI is InChI=1S/C38H24N6/c1-2-11-27(12-3-1)43-21-18-25-23-35-31(24-34(25)43)29-14-5-7-17-33(29)44(35)28-13-8-10-26(22-28)37-41-32-16-6-4-15-30(32)36(42-37)38-39-19-9-20-40-38/h1-24H. The third-order valence-electron chi connectivity index (χ3n) is 8.26. The molecule has 0 saturated carbocycles. The summed E-state index contributed by atoms with van der Waals surface area (Å²) in [6.07, 6.45) is 5.64. The van der Waals surface area contributed by atoms with Crippen molar-refractivity contribution in [2.75, 3.05) is 0 Å². The van der Waals surface area contributed by atoms with E-state index in [1.165, 1.54) is 21.7 Å². The zero-order valence-corrected chi connectivity index (χ0v) is 23.5. The SMILES string of the molecule is c1ccc(-n2ccc3cc4c(cc32)c2ccccc2n4-c2cccc(-c3nc(-c4ncccn4)c4ccccc4n3)c2)cc1. The molecule has 9 aromatic rings. The monoisotopic (exact) mass is 564 g/mol. The van der Waals surface area contributed by atoms with Crippen LogP contribution in [0, 0.1) is 0 Å². The summed E-state index contributed by atoms with van der Waals surface area (Å²) in [6, 6.07) is 44.2. The fourth-order valence-electron chi connectivity index (χ4n) is 6.27. The van der Waals surface area contributed by atoms with Crippen LogP contribution in [0.4, 0.5) is 0 Å². The molecule has 44 heavy (non-hydrogen) atoms. The molecule has 0 bridgehead atoms. The molecule has 6 nitrogen and oxygen atoms in total. The molecule has 0 unspecified atom stereocenters. The summed E-state index contributed by atoms with van der Waals surface area (Å²) in [5.74, 6) is 1.22. The van der Waals surface area contributed by atoms with E-state index in [0.717, 1.165) is 44.6 Å². The van der Waals surface area contributed by atoms with Crippen molar-refractivity contribution in [1.82, 2.24) is 29.1 Å². The van der Waals surface area contributed by atoms with Gasteiger partial charge in [-0.3, -0.25) is 0 Å². The summed E-state index contributed by atoms with van der Waals surface area (Å²) in [5.41, 5.74) is 8.18. The maximum atomic E-state index is 5.01. The minimum Gasteiger partial charge on any atom is -0.317 e. The normalized spacial score (nSPS) is 11.6. The van der Waals surface area contributed by atoms with Crippen LogP contribution in [0.1, 0.15) is 0 Å². The lowest BCUT2D eigenvalue weighted by atomic mass is 10.1. The molecule has 0 saturated heterocycles. The van der Waals surface area contributed by atoms with Crippen molar-refractivity contribution in [3.8, 4) is 34.3 Å². The second-order valence-corrected chi connectivity index (χ2v) is 10.8. The van der Waals surface area contributed by atoms with Crippen molar-refractivity contribution in [3.05, 3.63) is 146 Å². The van der Waals surface area contributed by atoms with Gasteiger partial charge in [0.1, 0.15) is 5.69 Å². The largest absolute Gasteiger partial charge is 0.317 e. The Bertz CT molecular complexity index is 2490. The summed E-state index contributed by atoms with van der Waals surface area (Å²) in [7, 11) is 0. The van der Waals surface area contributed by atoms with Crippen molar-refractivity contribution < 1.29 is 0 Å². The number of para-hydroxylation sites is 3. The van der Waals surface area contributed by atoms with Gasteiger partial charge < -0.3 is 9.13 Å². The Morgan fingerprint density at radius 2 is 1.25 bits per heavy atom. The van der Waals surface area contributed by atoms with Crippen molar-refractivity contribution in [2.24, 2.45) is 0 Å². The van der Waals surface area contributed by atoms with E-state index in [1.807, 2.05) is 36.4 Å². The molecule has 0 spiro atoms. The quantitative estimate of drug-likeness (QED) is 0.214. The Labute approximate surface area is 252 Å². The van der Waals surface area contributed by atoms with Gasteiger partial charge in [-0.1, -0.05) is 66.7 Å². The minimum absolute atomic E-state index is 0.581. The predicted molar refractivity (Wildman–Crippen MR) is 177 cm³/mol. The first-order valence-corrected chi connectivity index (χ1v) is 14.6. The summed E-state index contributed by atoms with van der Waals surface area (Å²) in [4.78, 5) is 19.0. The van der Waals surface area contributed by atoms with Crippen molar-refractivity contribution in [1.29, 1.82) is 0 Å². The van der Waals surface area contributed by atoms with E-state index in [0.29, 0.717) is 11.6 Å². The first-order chi connectivity index (χ1) is 21.8. The fourth-order valence-corrected chi connectivity index (χ4v) is 6.27. The van der Waals surface area contributed by atoms with Crippen LogP contribution in [-0.4, -0.2) is 29.1 Å². The van der Waals surface area contributed by atoms with Crippen LogP contribution in [0.2, 0.25) is 0 Å². The van der Waals surface area contributed by atoms with Crippen LogP contribution < -0.4 is 0 Å².